The number of carbonyl (C=O) groups is 1. The normalized spacial score (nSPS) is 11.1. The van der Waals surface area contributed by atoms with Gasteiger partial charge in [-0.3, -0.25) is 9.48 Å². The van der Waals surface area contributed by atoms with Crippen LogP contribution in [0.15, 0.2) is 48.9 Å². The molecule has 0 unspecified atom stereocenters. The van der Waals surface area contributed by atoms with E-state index in [2.05, 4.69) is 20.5 Å². The zero-order chi connectivity index (χ0) is 19.0. The Morgan fingerprint density at radius 1 is 1.19 bits per heavy atom. The van der Waals surface area contributed by atoms with Gasteiger partial charge in [-0.25, -0.2) is 9.50 Å². The molecule has 1 aromatic carbocycles. The average molecular weight is 381 g/mol. The van der Waals surface area contributed by atoms with Crippen molar-refractivity contribution in [3.05, 3.63) is 76.5 Å². The number of aromatic nitrogens is 5. The van der Waals surface area contributed by atoms with Crippen LogP contribution in [0.1, 0.15) is 27.3 Å². The number of halogens is 1. The lowest BCUT2D eigenvalue weighted by atomic mass is 10.2. The van der Waals surface area contributed by atoms with Crippen molar-refractivity contribution in [2.75, 3.05) is 5.32 Å². The minimum absolute atomic E-state index is 0.248. The Morgan fingerprint density at radius 3 is 2.81 bits per heavy atom. The van der Waals surface area contributed by atoms with Crippen LogP contribution in [-0.2, 0) is 6.54 Å². The van der Waals surface area contributed by atoms with Gasteiger partial charge in [0.2, 0.25) is 0 Å². The zero-order valence-corrected chi connectivity index (χ0v) is 15.6. The predicted molar refractivity (Wildman–Crippen MR) is 103 cm³/mol. The Hall–Kier alpha value is -3.19. The van der Waals surface area contributed by atoms with Crippen molar-refractivity contribution in [1.29, 1.82) is 0 Å². The van der Waals surface area contributed by atoms with Gasteiger partial charge < -0.3 is 5.32 Å². The van der Waals surface area contributed by atoms with Crippen LogP contribution in [-0.4, -0.2) is 30.3 Å². The van der Waals surface area contributed by atoms with Crippen LogP contribution in [0.2, 0.25) is 5.02 Å². The van der Waals surface area contributed by atoms with Gasteiger partial charge in [0.05, 0.1) is 24.0 Å². The second-order valence-electron chi connectivity index (χ2n) is 6.34. The maximum Gasteiger partial charge on any atom is 0.261 e. The van der Waals surface area contributed by atoms with Crippen molar-refractivity contribution < 1.29 is 4.79 Å². The second-order valence-corrected chi connectivity index (χ2v) is 6.78. The van der Waals surface area contributed by atoms with Crippen LogP contribution in [0.3, 0.4) is 0 Å². The lowest BCUT2D eigenvalue weighted by Crippen LogP contribution is -2.13. The molecule has 0 atom stereocenters. The van der Waals surface area contributed by atoms with Gasteiger partial charge in [0.1, 0.15) is 5.56 Å². The van der Waals surface area contributed by atoms with Crippen LogP contribution in [0.25, 0.3) is 5.65 Å². The van der Waals surface area contributed by atoms with E-state index in [-0.39, 0.29) is 5.91 Å². The van der Waals surface area contributed by atoms with Gasteiger partial charge in [0.15, 0.2) is 5.65 Å². The van der Waals surface area contributed by atoms with Crippen molar-refractivity contribution in [2.45, 2.75) is 20.4 Å². The highest BCUT2D eigenvalue weighted by Gasteiger charge is 2.16. The molecule has 3 aromatic heterocycles. The van der Waals surface area contributed by atoms with Crippen LogP contribution >= 0.6 is 11.6 Å². The summed E-state index contributed by atoms with van der Waals surface area (Å²) in [6.07, 6.45) is 4.89. The van der Waals surface area contributed by atoms with Gasteiger partial charge in [0, 0.05) is 23.3 Å². The van der Waals surface area contributed by atoms with Crippen molar-refractivity contribution >= 4 is 28.8 Å². The van der Waals surface area contributed by atoms with E-state index in [1.54, 1.807) is 27.8 Å². The molecule has 1 N–H and O–H groups in total. The molecule has 0 aliphatic rings. The van der Waals surface area contributed by atoms with Gasteiger partial charge >= 0.3 is 0 Å². The Kier molecular flexibility index (Phi) is 4.37. The van der Waals surface area contributed by atoms with E-state index in [9.17, 15) is 4.79 Å². The van der Waals surface area contributed by atoms with Gasteiger partial charge in [-0.05, 0) is 37.6 Å². The van der Waals surface area contributed by atoms with E-state index < -0.39 is 0 Å². The number of hydrogen-bond donors (Lipinski definition) is 1. The van der Waals surface area contributed by atoms with Crippen molar-refractivity contribution in [3.63, 3.8) is 0 Å². The van der Waals surface area contributed by atoms with E-state index >= 15 is 0 Å². The number of anilines is 1. The molecule has 4 rings (SSSR count). The molecule has 0 aliphatic heterocycles. The Morgan fingerprint density at radius 2 is 2.04 bits per heavy atom. The SMILES string of the molecule is Cc1cc(C)n2ncc(C(=O)Nc3cccc(Cn4cc(Cl)cn4)c3)c2n1. The first-order valence-corrected chi connectivity index (χ1v) is 8.77. The quantitative estimate of drug-likeness (QED) is 0.587. The molecule has 8 heteroatoms. The number of nitrogens with one attached hydrogen (secondary N) is 1. The molecule has 0 fully saturated rings. The summed E-state index contributed by atoms with van der Waals surface area (Å²) in [6.45, 7) is 4.39. The topological polar surface area (TPSA) is 77.1 Å². The zero-order valence-electron chi connectivity index (χ0n) is 14.8. The Bertz CT molecular complexity index is 1150. The molecule has 136 valence electrons. The summed E-state index contributed by atoms with van der Waals surface area (Å²) in [4.78, 5) is 17.2. The molecule has 4 aromatic rings. The van der Waals surface area contributed by atoms with Crippen molar-refractivity contribution in [3.8, 4) is 0 Å². The molecule has 0 radical (unpaired) electrons. The van der Waals surface area contributed by atoms with E-state index in [0.29, 0.717) is 28.5 Å². The largest absolute Gasteiger partial charge is 0.322 e. The Labute approximate surface area is 160 Å². The summed E-state index contributed by atoms with van der Waals surface area (Å²) in [5.41, 5.74) is 4.45. The summed E-state index contributed by atoms with van der Waals surface area (Å²) in [6, 6.07) is 9.52. The maximum atomic E-state index is 12.7. The molecule has 7 nitrogen and oxygen atoms in total. The first-order valence-electron chi connectivity index (χ1n) is 8.40. The summed E-state index contributed by atoms with van der Waals surface area (Å²) >= 11 is 5.90. The summed E-state index contributed by atoms with van der Waals surface area (Å²) < 4.78 is 3.41. The smallest absolute Gasteiger partial charge is 0.261 e. The monoisotopic (exact) mass is 380 g/mol. The van der Waals surface area contributed by atoms with E-state index in [0.717, 1.165) is 17.0 Å². The molecule has 0 saturated carbocycles. The fourth-order valence-corrected chi connectivity index (χ4v) is 3.14. The van der Waals surface area contributed by atoms with Gasteiger partial charge in [0.25, 0.3) is 5.91 Å². The van der Waals surface area contributed by atoms with Gasteiger partial charge in [-0.2, -0.15) is 10.2 Å². The molecule has 1 amide bonds. The maximum absolute atomic E-state index is 12.7. The lowest BCUT2D eigenvalue weighted by molar-refractivity contribution is 0.102. The summed E-state index contributed by atoms with van der Waals surface area (Å²) in [5, 5.41) is 11.9. The lowest BCUT2D eigenvalue weighted by Gasteiger charge is -2.07. The van der Waals surface area contributed by atoms with Crippen molar-refractivity contribution in [2.24, 2.45) is 0 Å². The first-order chi connectivity index (χ1) is 13.0. The Balaban J connectivity index is 1.57. The fourth-order valence-electron chi connectivity index (χ4n) is 2.99. The number of carbonyl (C=O) groups excluding carboxylic acids is 1. The number of rotatable bonds is 4. The van der Waals surface area contributed by atoms with Gasteiger partial charge in [-0.1, -0.05) is 23.7 Å². The standard InChI is InChI=1S/C19H17ClN6O/c1-12-6-13(2)26-18(23-12)17(9-22-26)19(27)24-16-5-3-4-14(7-16)10-25-11-15(20)8-21-25/h3-9,11H,10H2,1-2H3,(H,24,27). The molecular weight excluding hydrogens is 364 g/mol. The van der Waals surface area contributed by atoms with Crippen molar-refractivity contribution in [1.82, 2.24) is 24.4 Å². The van der Waals surface area contributed by atoms with Gasteiger partial charge in [-0.15, -0.1) is 0 Å². The third-order valence-corrected chi connectivity index (χ3v) is 4.35. The average Bonchev–Trinajstić information content (AvgIpc) is 3.21. The number of fused-ring (bicyclic) bond motifs is 1. The third-order valence-electron chi connectivity index (χ3n) is 4.15. The van der Waals surface area contributed by atoms with E-state index in [1.165, 1.54) is 0 Å². The minimum Gasteiger partial charge on any atom is -0.322 e. The molecule has 3 heterocycles. The highest BCUT2D eigenvalue weighted by Crippen LogP contribution is 2.17. The van der Waals surface area contributed by atoms with Crippen LogP contribution < -0.4 is 5.32 Å². The molecule has 0 spiro atoms. The minimum atomic E-state index is -0.248. The summed E-state index contributed by atoms with van der Waals surface area (Å²) in [7, 11) is 0. The molecular formula is C19H17ClN6O. The molecule has 0 bridgehead atoms. The number of aryl methyl sites for hydroxylation is 2. The predicted octanol–water partition coefficient (Wildman–Crippen LogP) is 3.50. The highest BCUT2D eigenvalue weighted by atomic mass is 35.5. The molecule has 27 heavy (non-hydrogen) atoms. The third kappa shape index (κ3) is 3.54. The fraction of sp³-hybridized carbons (Fsp3) is 0.158. The molecule has 0 saturated heterocycles. The van der Waals surface area contributed by atoms with Crippen LogP contribution in [0.5, 0.6) is 0 Å². The number of benzene rings is 1. The first kappa shape index (κ1) is 17.2. The van der Waals surface area contributed by atoms with Crippen LogP contribution in [0.4, 0.5) is 5.69 Å². The second kappa shape index (κ2) is 6.85. The highest BCUT2D eigenvalue weighted by molar-refractivity contribution is 6.30. The van der Waals surface area contributed by atoms with E-state index in [4.69, 9.17) is 11.6 Å². The van der Waals surface area contributed by atoms with E-state index in [1.807, 2.05) is 44.2 Å². The number of hydrogen-bond acceptors (Lipinski definition) is 4. The number of nitrogens with zero attached hydrogens (tertiary/aromatic N) is 5. The molecule has 0 aliphatic carbocycles. The van der Waals surface area contributed by atoms with Crippen LogP contribution in [0, 0.1) is 13.8 Å². The number of amides is 1. The summed E-state index contributed by atoms with van der Waals surface area (Å²) in [5.74, 6) is -0.248.